The number of nitrogens with one attached hydrogen (secondary N) is 1. The lowest BCUT2D eigenvalue weighted by Crippen LogP contribution is -2.48. The van der Waals surface area contributed by atoms with Crippen molar-refractivity contribution in [3.05, 3.63) is 18.0 Å². The van der Waals surface area contributed by atoms with Crippen molar-refractivity contribution in [3.8, 4) is 0 Å². The Morgan fingerprint density at radius 3 is 2.71 bits per heavy atom. The van der Waals surface area contributed by atoms with E-state index in [0.717, 1.165) is 24.9 Å². The molecule has 7 nitrogen and oxygen atoms in total. The zero-order valence-corrected chi connectivity index (χ0v) is 15.3. The number of hydrogen-bond donors (Lipinski definition) is 1. The van der Waals surface area contributed by atoms with Gasteiger partial charge in [0.05, 0.1) is 12.1 Å². The number of carbonyl (C=O) groups is 2. The molecule has 2 fully saturated rings. The first-order valence-corrected chi connectivity index (χ1v) is 8.20. The van der Waals surface area contributed by atoms with Gasteiger partial charge in [0.15, 0.2) is 0 Å². The molecule has 2 amide bonds. The van der Waals surface area contributed by atoms with E-state index in [1.165, 1.54) is 0 Å². The predicted molar refractivity (Wildman–Crippen MR) is 93.0 cm³/mol. The third kappa shape index (κ3) is 3.42. The minimum absolute atomic E-state index is 0. The third-order valence-corrected chi connectivity index (χ3v) is 4.95. The average Bonchev–Trinajstić information content (AvgIpc) is 3.24. The van der Waals surface area contributed by atoms with Crippen molar-refractivity contribution in [2.24, 2.45) is 13.0 Å². The summed E-state index contributed by atoms with van der Waals surface area (Å²) < 4.78 is 1.77. The van der Waals surface area contributed by atoms with Gasteiger partial charge in [-0.1, -0.05) is 0 Å². The summed E-state index contributed by atoms with van der Waals surface area (Å²) in [5.41, 5.74) is 1.09. The van der Waals surface area contributed by atoms with Crippen LogP contribution in [0.1, 0.15) is 24.3 Å². The van der Waals surface area contributed by atoms with E-state index >= 15 is 0 Å². The average molecular weight is 356 g/mol. The largest absolute Gasteiger partial charge is 0.347 e. The normalized spacial score (nSPS) is 26.3. The Balaban J connectivity index is 0.00000208. The summed E-state index contributed by atoms with van der Waals surface area (Å²) in [7, 11) is 5.38. The molecule has 1 unspecified atom stereocenters. The number of aromatic nitrogens is 2. The zero-order chi connectivity index (χ0) is 16.6. The van der Waals surface area contributed by atoms with Crippen LogP contribution in [0.25, 0.3) is 0 Å². The molecule has 2 aliphatic heterocycles. The van der Waals surface area contributed by atoms with E-state index in [9.17, 15) is 9.59 Å². The van der Waals surface area contributed by atoms with Gasteiger partial charge in [0, 0.05) is 52.9 Å². The highest BCUT2D eigenvalue weighted by atomic mass is 35.5. The molecule has 0 aliphatic carbocycles. The van der Waals surface area contributed by atoms with Crippen molar-refractivity contribution in [1.29, 1.82) is 0 Å². The number of amides is 2. The Labute approximate surface area is 148 Å². The lowest BCUT2D eigenvalue weighted by molar-refractivity contribution is -0.144. The van der Waals surface area contributed by atoms with Crippen LogP contribution in [0.15, 0.2) is 12.4 Å². The number of likely N-dealkylation sites (N-methyl/N-ethyl adjacent to an activating group) is 1. The molecule has 134 valence electrons. The van der Waals surface area contributed by atoms with Crippen LogP contribution >= 0.6 is 12.4 Å². The minimum atomic E-state index is -0.298. The highest BCUT2D eigenvalue weighted by Crippen LogP contribution is 2.31. The molecule has 3 heterocycles. The number of carbonyl (C=O) groups excluding carboxylic acids is 2. The molecule has 2 saturated heterocycles. The Bertz CT molecular complexity index is 603. The van der Waals surface area contributed by atoms with Crippen molar-refractivity contribution in [1.82, 2.24) is 24.9 Å². The molecule has 3 rings (SSSR count). The zero-order valence-electron chi connectivity index (χ0n) is 14.4. The maximum Gasteiger partial charge on any atom is 0.244 e. The molecular formula is C16H26ClN5O2. The van der Waals surface area contributed by atoms with Crippen LogP contribution in [0, 0.1) is 5.92 Å². The Morgan fingerprint density at radius 2 is 2.08 bits per heavy atom. The second-order valence-corrected chi connectivity index (χ2v) is 6.74. The second-order valence-electron chi connectivity index (χ2n) is 6.74. The highest BCUT2D eigenvalue weighted by molar-refractivity contribution is 5.89. The topological polar surface area (TPSA) is 70.5 Å². The van der Waals surface area contributed by atoms with Crippen molar-refractivity contribution in [2.75, 3.05) is 33.7 Å². The van der Waals surface area contributed by atoms with Gasteiger partial charge in [-0.2, -0.15) is 5.10 Å². The fourth-order valence-electron chi connectivity index (χ4n) is 3.72. The van der Waals surface area contributed by atoms with E-state index in [0.29, 0.717) is 13.1 Å². The molecule has 3 atom stereocenters. The van der Waals surface area contributed by atoms with Crippen LogP contribution in [0.2, 0.25) is 0 Å². The molecule has 0 saturated carbocycles. The molecule has 8 heteroatoms. The minimum Gasteiger partial charge on any atom is -0.347 e. The summed E-state index contributed by atoms with van der Waals surface area (Å²) in [5, 5.41) is 7.54. The first-order valence-electron chi connectivity index (χ1n) is 8.20. The van der Waals surface area contributed by atoms with Gasteiger partial charge in [-0.05, 0) is 18.4 Å². The van der Waals surface area contributed by atoms with Crippen LogP contribution in [0.5, 0.6) is 0 Å². The molecule has 24 heavy (non-hydrogen) atoms. The molecule has 1 N–H and O–H groups in total. The summed E-state index contributed by atoms with van der Waals surface area (Å²) in [6.45, 7) is 2.12. The smallest absolute Gasteiger partial charge is 0.244 e. The summed E-state index contributed by atoms with van der Waals surface area (Å²) in [6.07, 6.45) is 5.48. The standard InChI is InChI=1S/C16H25N5O2.ClH/c1-19(2)16(23)14-5-4-6-21(14)15(22)13-9-17-8-12(13)11-7-18-20(3)10-11;/h7,10,12-14,17H,4-6,8-9H2,1-3H3;1H/t12-,13+,14?;/m1./s1. The first kappa shape index (κ1) is 18.7. The van der Waals surface area contributed by atoms with Gasteiger partial charge in [0.25, 0.3) is 0 Å². The Morgan fingerprint density at radius 1 is 1.33 bits per heavy atom. The quantitative estimate of drug-likeness (QED) is 0.842. The van der Waals surface area contributed by atoms with Gasteiger partial charge in [0.1, 0.15) is 6.04 Å². The van der Waals surface area contributed by atoms with Crippen molar-refractivity contribution in [2.45, 2.75) is 24.8 Å². The van der Waals surface area contributed by atoms with Gasteiger partial charge >= 0.3 is 0 Å². The monoisotopic (exact) mass is 355 g/mol. The SMILES string of the molecule is CN(C)C(=O)C1CCCN1C(=O)[C@H]1CNC[C@@H]1c1cnn(C)c1.Cl. The van der Waals surface area contributed by atoms with E-state index in [4.69, 9.17) is 0 Å². The molecular weight excluding hydrogens is 330 g/mol. The number of nitrogens with zero attached hydrogens (tertiary/aromatic N) is 4. The summed E-state index contributed by atoms with van der Waals surface area (Å²) in [5.74, 6) is 0.142. The fraction of sp³-hybridized carbons (Fsp3) is 0.688. The number of aryl methyl sites for hydroxylation is 1. The number of rotatable bonds is 3. The second kappa shape index (κ2) is 7.53. The van der Waals surface area contributed by atoms with Gasteiger partial charge in [-0.3, -0.25) is 14.3 Å². The molecule has 2 aliphatic rings. The van der Waals surface area contributed by atoms with Crippen molar-refractivity contribution in [3.63, 3.8) is 0 Å². The van der Waals surface area contributed by atoms with Crippen LogP contribution < -0.4 is 5.32 Å². The molecule has 0 spiro atoms. The summed E-state index contributed by atoms with van der Waals surface area (Å²) in [6, 6.07) is -0.298. The first-order chi connectivity index (χ1) is 11.0. The van der Waals surface area contributed by atoms with Crippen LogP contribution in [-0.4, -0.2) is 71.2 Å². The third-order valence-electron chi connectivity index (χ3n) is 4.95. The van der Waals surface area contributed by atoms with E-state index in [1.54, 1.807) is 28.6 Å². The van der Waals surface area contributed by atoms with Crippen LogP contribution in [0.4, 0.5) is 0 Å². The number of likely N-dealkylation sites (tertiary alicyclic amines) is 1. The van der Waals surface area contributed by atoms with Gasteiger partial charge < -0.3 is 15.1 Å². The fourth-order valence-corrected chi connectivity index (χ4v) is 3.72. The van der Waals surface area contributed by atoms with Crippen LogP contribution in [-0.2, 0) is 16.6 Å². The van der Waals surface area contributed by atoms with E-state index in [2.05, 4.69) is 10.4 Å². The molecule has 0 aromatic carbocycles. The number of hydrogen-bond acceptors (Lipinski definition) is 4. The predicted octanol–water partition coefficient (Wildman–Crippen LogP) is 0.224. The highest BCUT2D eigenvalue weighted by Gasteiger charge is 2.42. The van der Waals surface area contributed by atoms with E-state index in [-0.39, 0.29) is 42.1 Å². The van der Waals surface area contributed by atoms with Crippen molar-refractivity contribution < 1.29 is 9.59 Å². The molecule has 0 radical (unpaired) electrons. The maximum absolute atomic E-state index is 13.1. The van der Waals surface area contributed by atoms with Gasteiger partial charge in [0.2, 0.25) is 11.8 Å². The maximum atomic E-state index is 13.1. The van der Waals surface area contributed by atoms with E-state index < -0.39 is 0 Å². The summed E-state index contributed by atoms with van der Waals surface area (Å²) >= 11 is 0. The summed E-state index contributed by atoms with van der Waals surface area (Å²) in [4.78, 5) is 28.8. The molecule has 1 aromatic rings. The van der Waals surface area contributed by atoms with Gasteiger partial charge in [-0.15, -0.1) is 12.4 Å². The molecule has 0 bridgehead atoms. The lowest BCUT2D eigenvalue weighted by atomic mass is 9.89. The van der Waals surface area contributed by atoms with Gasteiger partial charge in [-0.25, -0.2) is 0 Å². The van der Waals surface area contributed by atoms with Crippen molar-refractivity contribution >= 4 is 24.2 Å². The van der Waals surface area contributed by atoms with E-state index in [1.807, 2.05) is 19.4 Å². The van der Waals surface area contributed by atoms with Crippen LogP contribution in [0.3, 0.4) is 0 Å². The Hall–Kier alpha value is -1.60. The number of halogens is 1. The Kier molecular flexibility index (Phi) is 5.87. The molecule has 1 aromatic heterocycles. The lowest BCUT2D eigenvalue weighted by Gasteiger charge is -2.29.